The second-order valence-corrected chi connectivity index (χ2v) is 4.69. The molecule has 1 aromatic carbocycles. The van der Waals surface area contributed by atoms with Crippen LogP contribution in [0.4, 0.5) is 11.4 Å². The first kappa shape index (κ1) is 11.3. The highest BCUT2D eigenvalue weighted by molar-refractivity contribution is 5.97. The molecular weight excluding hydrogens is 230 g/mol. The van der Waals surface area contributed by atoms with E-state index in [4.69, 9.17) is 4.74 Å². The van der Waals surface area contributed by atoms with Crippen molar-refractivity contribution in [2.24, 2.45) is 0 Å². The van der Waals surface area contributed by atoms with E-state index in [-0.39, 0.29) is 11.9 Å². The van der Waals surface area contributed by atoms with Gasteiger partial charge < -0.3 is 20.3 Å². The molecule has 0 unspecified atom stereocenters. The van der Waals surface area contributed by atoms with E-state index in [0.29, 0.717) is 6.42 Å². The zero-order chi connectivity index (χ0) is 12.5. The lowest BCUT2D eigenvalue weighted by molar-refractivity contribution is -0.116. The standard InChI is InChI=1S/C13H17N3O2/c1-18-10-2-3-11-12(7-10)16-5-4-14-8-9(16)6-13(17)15-11/h2-3,7,9,14H,4-6,8H2,1H3,(H,15,17)/t9-/m0/s1. The third-order valence-corrected chi connectivity index (χ3v) is 3.56. The van der Waals surface area contributed by atoms with Crippen LogP contribution in [-0.2, 0) is 4.79 Å². The third kappa shape index (κ3) is 1.90. The monoisotopic (exact) mass is 247 g/mol. The van der Waals surface area contributed by atoms with Crippen molar-refractivity contribution >= 4 is 17.3 Å². The van der Waals surface area contributed by atoms with Crippen LogP contribution < -0.4 is 20.3 Å². The summed E-state index contributed by atoms with van der Waals surface area (Å²) in [4.78, 5) is 14.2. The Bertz CT molecular complexity index is 475. The van der Waals surface area contributed by atoms with Crippen molar-refractivity contribution < 1.29 is 9.53 Å². The minimum atomic E-state index is 0.0811. The summed E-state index contributed by atoms with van der Waals surface area (Å²) in [5.74, 6) is 0.903. The van der Waals surface area contributed by atoms with Crippen LogP contribution in [0.25, 0.3) is 0 Å². The summed E-state index contributed by atoms with van der Waals surface area (Å²) in [7, 11) is 1.66. The number of carbonyl (C=O) groups excluding carboxylic acids is 1. The lowest BCUT2D eigenvalue weighted by atomic mass is 10.1. The zero-order valence-corrected chi connectivity index (χ0v) is 10.4. The lowest BCUT2D eigenvalue weighted by Crippen LogP contribution is -2.51. The SMILES string of the molecule is COc1ccc2c(c1)N1CCNC[C@@H]1CC(=O)N2. The fourth-order valence-electron chi connectivity index (χ4n) is 2.66. The van der Waals surface area contributed by atoms with Crippen molar-refractivity contribution in [1.29, 1.82) is 0 Å². The van der Waals surface area contributed by atoms with Gasteiger partial charge in [-0.05, 0) is 12.1 Å². The molecule has 1 amide bonds. The fourth-order valence-corrected chi connectivity index (χ4v) is 2.66. The highest BCUT2D eigenvalue weighted by Crippen LogP contribution is 2.34. The highest BCUT2D eigenvalue weighted by atomic mass is 16.5. The van der Waals surface area contributed by atoms with Crippen molar-refractivity contribution in [2.45, 2.75) is 12.5 Å². The van der Waals surface area contributed by atoms with Crippen LogP contribution in [0.2, 0.25) is 0 Å². The molecule has 0 radical (unpaired) electrons. The largest absolute Gasteiger partial charge is 0.497 e. The molecule has 5 nitrogen and oxygen atoms in total. The van der Waals surface area contributed by atoms with E-state index in [1.165, 1.54) is 0 Å². The maximum atomic E-state index is 11.9. The van der Waals surface area contributed by atoms with Crippen molar-refractivity contribution in [3.05, 3.63) is 18.2 Å². The molecule has 0 saturated carbocycles. The fraction of sp³-hybridized carbons (Fsp3) is 0.462. The van der Waals surface area contributed by atoms with E-state index in [9.17, 15) is 4.79 Å². The molecule has 18 heavy (non-hydrogen) atoms. The molecule has 2 aliphatic rings. The van der Waals surface area contributed by atoms with Gasteiger partial charge in [-0.1, -0.05) is 0 Å². The number of fused-ring (bicyclic) bond motifs is 3. The minimum Gasteiger partial charge on any atom is -0.497 e. The molecule has 1 aromatic rings. The molecule has 2 heterocycles. The minimum absolute atomic E-state index is 0.0811. The maximum Gasteiger partial charge on any atom is 0.226 e. The summed E-state index contributed by atoms with van der Waals surface area (Å²) >= 11 is 0. The van der Waals surface area contributed by atoms with Crippen LogP contribution in [0.1, 0.15) is 6.42 Å². The van der Waals surface area contributed by atoms with Gasteiger partial charge in [-0.15, -0.1) is 0 Å². The van der Waals surface area contributed by atoms with E-state index >= 15 is 0 Å². The van der Waals surface area contributed by atoms with Crippen LogP contribution in [0.3, 0.4) is 0 Å². The molecule has 96 valence electrons. The van der Waals surface area contributed by atoms with Crippen molar-refractivity contribution in [3.8, 4) is 5.75 Å². The number of benzene rings is 1. The first-order valence-corrected chi connectivity index (χ1v) is 6.23. The van der Waals surface area contributed by atoms with Gasteiger partial charge >= 0.3 is 0 Å². The van der Waals surface area contributed by atoms with Crippen molar-refractivity contribution in [1.82, 2.24) is 5.32 Å². The average molecular weight is 247 g/mol. The first-order chi connectivity index (χ1) is 8.78. The number of carbonyl (C=O) groups is 1. The quantitative estimate of drug-likeness (QED) is 0.771. The molecule has 1 saturated heterocycles. The molecule has 0 aliphatic carbocycles. The number of nitrogens with zero attached hydrogens (tertiary/aromatic N) is 1. The normalized spacial score (nSPS) is 22.6. The Kier molecular flexibility index (Phi) is 2.83. The summed E-state index contributed by atoms with van der Waals surface area (Å²) in [6.07, 6.45) is 0.532. The molecule has 2 N–H and O–H groups in total. The number of ether oxygens (including phenoxy) is 1. The van der Waals surface area contributed by atoms with E-state index < -0.39 is 0 Å². The molecule has 1 atom stereocenters. The molecule has 0 bridgehead atoms. The van der Waals surface area contributed by atoms with Crippen LogP contribution in [0.15, 0.2) is 18.2 Å². The summed E-state index contributed by atoms with van der Waals surface area (Å²) in [6, 6.07) is 6.02. The van der Waals surface area contributed by atoms with E-state index in [1.54, 1.807) is 7.11 Å². The number of methoxy groups -OCH3 is 1. The molecule has 2 aliphatic heterocycles. The Morgan fingerprint density at radius 2 is 2.33 bits per heavy atom. The third-order valence-electron chi connectivity index (χ3n) is 3.56. The van der Waals surface area contributed by atoms with Crippen molar-refractivity contribution in [2.75, 3.05) is 37.0 Å². The number of anilines is 2. The summed E-state index contributed by atoms with van der Waals surface area (Å²) < 4.78 is 5.27. The second-order valence-electron chi connectivity index (χ2n) is 4.69. The number of piperazine rings is 1. The number of hydrogen-bond donors (Lipinski definition) is 2. The Morgan fingerprint density at radius 1 is 1.44 bits per heavy atom. The van der Waals surface area contributed by atoms with Gasteiger partial charge in [0, 0.05) is 32.1 Å². The lowest BCUT2D eigenvalue weighted by Gasteiger charge is -2.36. The van der Waals surface area contributed by atoms with E-state index in [0.717, 1.165) is 36.8 Å². The zero-order valence-electron chi connectivity index (χ0n) is 10.4. The number of nitrogens with one attached hydrogen (secondary N) is 2. The van der Waals surface area contributed by atoms with Gasteiger partial charge in [0.25, 0.3) is 0 Å². The van der Waals surface area contributed by atoms with Gasteiger partial charge in [-0.3, -0.25) is 4.79 Å². The Morgan fingerprint density at radius 3 is 3.17 bits per heavy atom. The van der Waals surface area contributed by atoms with Gasteiger partial charge in [-0.25, -0.2) is 0 Å². The second kappa shape index (κ2) is 4.49. The first-order valence-electron chi connectivity index (χ1n) is 6.23. The van der Waals surface area contributed by atoms with Gasteiger partial charge in [0.2, 0.25) is 5.91 Å². The Hall–Kier alpha value is -1.75. The highest BCUT2D eigenvalue weighted by Gasteiger charge is 2.30. The summed E-state index contributed by atoms with van der Waals surface area (Å²) in [6.45, 7) is 2.71. The van der Waals surface area contributed by atoms with Gasteiger partial charge in [-0.2, -0.15) is 0 Å². The van der Waals surface area contributed by atoms with Crippen LogP contribution in [-0.4, -0.2) is 38.7 Å². The smallest absolute Gasteiger partial charge is 0.226 e. The molecule has 3 rings (SSSR count). The van der Waals surface area contributed by atoms with Gasteiger partial charge in [0.15, 0.2) is 0 Å². The summed E-state index contributed by atoms with van der Waals surface area (Å²) in [5.41, 5.74) is 1.94. The number of rotatable bonds is 1. The number of hydrogen-bond acceptors (Lipinski definition) is 4. The predicted molar refractivity (Wildman–Crippen MR) is 70.2 cm³/mol. The average Bonchev–Trinajstić information content (AvgIpc) is 2.53. The van der Waals surface area contributed by atoms with Crippen LogP contribution >= 0.6 is 0 Å². The van der Waals surface area contributed by atoms with Gasteiger partial charge in [0.05, 0.1) is 24.5 Å². The van der Waals surface area contributed by atoms with Crippen LogP contribution in [0.5, 0.6) is 5.75 Å². The Labute approximate surface area is 106 Å². The van der Waals surface area contributed by atoms with E-state index in [1.807, 2.05) is 18.2 Å². The Balaban J connectivity index is 2.05. The molecule has 0 aromatic heterocycles. The molecule has 0 spiro atoms. The number of amides is 1. The van der Waals surface area contributed by atoms with Crippen molar-refractivity contribution in [3.63, 3.8) is 0 Å². The molecule has 5 heteroatoms. The maximum absolute atomic E-state index is 11.9. The predicted octanol–water partition coefficient (Wildman–Crippen LogP) is 0.816. The van der Waals surface area contributed by atoms with E-state index in [2.05, 4.69) is 15.5 Å². The topological polar surface area (TPSA) is 53.6 Å². The summed E-state index contributed by atoms with van der Waals surface area (Å²) in [5, 5.41) is 6.30. The molecule has 1 fully saturated rings. The van der Waals surface area contributed by atoms with Crippen LogP contribution in [0, 0.1) is 0 Å². The molecular formula is C13H17N3O2. The van der Waals surface area contributed by atoms with Gasteiger partial charge in [0.1, 0.15) is 5.75 Å².